The summed E-state index contributed by atoms with van der Waals surface area (Å²) in [4.78, 5) is 22.9. The highest BCUT2D eigenvalue weighted by Crippen LogP contribution is 2.29. The van der Waals surface area contributed by atoms with E-state index in [2.05, 4.69) is 5.32 Å². The molecule has 0 unspecified atom stereocenters. The Morgan fingerprint density at radius 1 is 1.13 bits per heavy atom. The number of hydrogen-bond donors (Lipinski definition) is 1. The van der Waals surface area contributed by atoms with Gasteiger partial charge >= 0.3 is 5.69 Å². The summed E-state index contributed by atoms with van der Waals surface area (Å²) in [6, 6.07) is 6.82. The summed E-state index contributed by atoms with van der Waals surface area (Å²) in [5.74, 6) is -1.81. The summed E-state index contributed by atoms with van der Waals surface area (Å²) < 4.78 is 41.2. The lowest BCUT2D eigenvalue weighted by atomic mass is 9.97. The van der Waals surface area contributed by atoms with Crippen molar-refractivity contribution >= 4 is 27.3 Å². The van der Waals surface area contributed by atoms with E-state index in [4.69, 9.17) is 0 Å². The molecular weight excluding hydrogens is 425 g/mol. The normalized spacial score (nSPS) is 15.6. The Hall–Kier alpha value is -2.85. The Bertz CT molecular complexity index is 1120. The molecule has 31 heavy (non-hydrogen) atoms. The summed E-state index contributed by atoms with van der Waals surface area (Å²) in [6.45, 7) is 5.84. The zero-order valence-corrected chi connectivity index (χ0v) is 18.3. The minimum atomic E-state index is -3.68. The molecule has 1 amide bonds. The topological polar surface area (TPSA) is 110 Å². The van der Waals surface area contributed by atoms with Gasteiger partial charge in [-0.25, -0.2) is 8.42 Å². The van der Waals surface area contributed by atoms with E-state index in [1.807, 2.05) is 19.1 Å². The lowest BCUT2D eigenvalue weighted by Gasteiger charge is -2.31. The van der Waals surface area contributed by atoms with Crippen molar-refractivity contribution in [2.75, 3.05) is 18.4 Å². The van der Waals surface area contributed by atoms with E-state index in [0.717, 1.165) is 17.7 Å². The number of rotatable bonds is 5. The number of sulfonamides is 1. The molecule has 1 aliphatic heterocycles. The van der Waals surface area contributed by atoms with Gasteiger partial charge in [-0.2, -0.15) is 8.70 Å². The minimum absolute atomic E-state index is 0.124. The van der Waals surface area contributed by atoms with Crippen LogP contribution in [-0.2, 0) is 14.8 Å². The van der Waals surface area contributed by atoms with Crippen LogP contribution in [0, 0.1) is 42.6 Å². The highest BCUT2D eigenvalue weighted by atomic mass is 32.2. The average molecular weight is 450 g/mol. The molecule has 3 rings (SSSR count). The minimum Gasteiger partial charge on any atom is -0.326 e. The molecule has 0 atom stereocenters. The fourth-order valence-electron chi connectivity index (χ4n) is 4.04. The lowest BCUT2D eigenvalue weighted by Crippen LogP contribution is -2.41. The molecule has 2 aromatic carbocycles. The van der Waals surface area contributed by atoms with Gasteiger partial charge in [0.1, 0.15) is 0 Å². The Balaban J connectivity index is 1.69. The van der Waals surface area contributed by atoms with E-state index in [0.29, 0.717) is 28.9 Å². The number of carbonyl (C=O) groups is 1. The summed E-state index contributed by atoms with van der Waals surface area (Å²) in [5, 5.41) is 13.4. The second-order valence-electron chi connectivity index (χ2n) is 7.82. The van der Waals surface area contributed by atoms with Crippen molar-refractivity contribution in [1.82, 2.24) is 4.31 Å². The van der Waals surface area contributed by atoms with Gasteiger partial charge in [0.2, 0.25) is 21.7 Å². The summed E-state index contributed by atoms with van der Waals surface area (Å²) in [6.07, 6.45) is 0.636. The van der Waals surface area contributed by atoms with Gasteiger partial charge in [0.05, 0.1) is 9.82 Å². The fourth-order valence-corrected chi connectivity index (χ4v) is 5.92. The number of amides is 1. The monoisotopic (exact) mass is 449 g/mol. The first kappa shape index (κ1) is 22.8. The van der Waals surface area contributed by atoms with E-state index in [9.17, 15) is 27.7 Å². The number of halogens is 1. The molecule has 0 aromatic heterocycles. The summed E-state index contributed by atoms with van der Waals surface area (Å²) in [5.41, 5.74) is 1.78. The Morgan fingerprint density at radius 2 is 1.71 bits per heavy atom. The standard InChI is InChI=1S/C21H24FN3O5S/c1-13-10-14(2)20(15(3)11-13)31(29,30)24-8-6-16(7-9-24)21(26)23-17-4-5-18(22)19(12-17)25(27)28/h4-5,10-12,16H,6-9H2,1-3H3,(H,23,26). The van der Waals surface area contributed by atoms with Crippen molar-refractivity contribution in [1.29, 1.82) is 0 Å². The SMILES string of the molecule is Cc1cc(C)c(S(=O)(=O)N2CCC(C(=O)Nc3ccc(F)c([N+](=O)[O-])c3)CC2)c(C)c1. The number of benzene rings is 2. The molecule has 0 aliphatic carbocycles. The quantitative estimate of drug-likeness (QED) is 0.553. The molecule has 0 saturated carbocycles. The molecule has 0 spiro atoms. The van der Waals surface area contributed by atoms with Crippen LogP contribution < -0.4 is 5.32 Å². The fraction of sp³-hybridized carbons (Fsp3) is 0.381. The number of nitrogens with zero attached hydrogens (tertiary/aromatic N) is 2. The molecule has 10 heteroatoms. The maximum atomic E-state index is 13.5. The van der Waals surface area contributed by atoms with Gasteiger partial charge < -0.3 is 5.32 Å². The van der Waals surface area contributed by atoms with Gasteiger partial charge in [-0.1, -0.05) is 17.7 Å². The molecule has 1 heterocycles. The third-order valence-electron chi connectivity index (χ3n) is 5.44. The predicted molar refractivity (Wildman–Crippen MR) is 114 cm³/mol. The van der Waals surface area contributed by atoms with E-state index < -0.39 is 32.4 Å². The predicted octanol–water partition coefficient (Wildman–Crippen LogP) is 3.70. The van der Waals surface area contributed by atoms with Crippen molar-refractivity contribution in [3.63, 3.8) is 0 Å². The van der Waals surface area contributed by atoms with Gasteiger partial charge in [0.15, 0.2) is 0 Å². The number of nitrogens with one attached hydrogen (secondary N) is 1. The van der Waals surface area contributed by atoms with E-state index in [1.54, 1.807) is 13.8 Å². The molecule has 0 radical (unpaired) electrons. The van der Waals surface area contributed by atoms with Crippen LogP contribution in [0.5, 0.6) is 0 Å². The smallest absolute Gasteiger partial charge is 0.306 e. The maximum Gasteiger partial charge on any atom is 0.306 e. The molecule has 0 bridgehead atoms. The number of piperidine rings is 1. The molecular formula is C21H24FN3O5S. The molecule has 8 nitrogen and oxygen atoms in total. The Kier molecular flexibility index (Phi) is 6.42. The lowest BCUT2D eigenvalue weighted by molar-refractivity contribution is -0.387. The summed E-state index contributed by atoms with van der Waals surface area (Å²) in [7, 11) is -3.68. The highest BCUT2D eigenvalue weighted by molar-refractivity contribution is 7.89. The van der Waals surface area contributed by atoms with Crippen LogP contribution >= 0.6 is 0 Å². The molecule has 1 N–H and O–H groups in total. The second-order valence-corrected chi connectivity index (χ2v) is 9.69. The van der Waals surface area contributed by atoms with E-state index >= 15 is 0 Å². The van der Waals surface area contributed by atoms with Crippen LogP contribution in [0.4, 0.5) is 15.8 Å². The zero-order chi connectivity index (χ0) is 22.9. The molecule has 1 aliphatic rings. The van der Waals surface area contributed by atoms with E-state index in [1.165, 1.54) is 10.4 Å². The van der Waals surface area contributed by atoms with Crippen molar-refractivity contribution < 1.29 is 22.5 Å². The highest BCUT2D eigenvalue weighted by Gasteiger charge is 2.34. The molecule has 166 valence electrons. The largest absolute Gasteiger partial charge is 0.326 e. The average Bonchev–Trinajstić information content (AvgIpc) is 2.68. The first-order valence-electron chi connectivity index (χ1n) is 9.83. The van der Waals surface area contributed by atoms with Crippen LogP contribution in [0.15, 0.2) is 35.2 Å². The van der Waals surface area contributed by atoms with Gasteiger partial charge in [-0.15, -0.1) is 0 Å². The van der Waals surface area contributed by atoms with Crippen molar-refractivity contribution in [3.8, 4) is 0 Å². The van der Waals surface area contributed by atoms with Crippen LogP contribution in [0.3, 0.4) is 0 Å². The third-order valence-corrected chi connectivity index (χ3v) is 7.64. The first-order valence-corrected chi connectivity index (χ1v) is 11.3. The second kappa shape index (κ2) is 8.72. The zero-order valence-electron chi connectivity index (χ0n) is 17.5. The molecule has 1 fully saturated rings. The van der Waals surface area contributed by atoms with E-state index in [-0.39, 0.29) is 24.7 Å². The van der Waals surface area contributed by atoms with Crippen molar-refractivity contribution in [3.05, 3.63) is 63.0 Å². The van der Waals surface area contributed by atoms with Crippen LogP contribution in [-0.4, -0.2) is 36.6 Å². The number of hydrogen-bond acceptors (Lipinski definition) is 5. The van der Waals surface area contributed by atoms with Gasteiger partial charge in [-0.05, 0) is 56.9 Å². The number of aryl methyl sites for hydroxylation is 3. The van der Waals surface area contributed by atoms with Crippen LogP contribution in [0.1, 0.15) is 29.5 Å². The Labute approximate surface area is 180 Å². The number of nitro benzene ring substituents is 1. The van der Waals surface area contributed by atoms with Crippen molar-refractivity contribution in [2.45, 2.75) is 38.5 Å². The Morgan fingerprint density at radius 3 is 2.26 bits per heavy atom. The van der Waals surface area contributed by atoms with Gasteiger partial charge in [0.25, 0.3) is 0 Å². The number of carbonyl (C=O) groups excluding carboxylic acids is 1. The van der Waals surface area contributed by atoms with Gasteiger partial charge in [0, 0.05) is 30.8 Å². The third kappa shape index (κ3) is 4.75. The molecule has 2 aromatic rings. The molecule has 1 saturated heterocycles. The number of anilines is 1. The van der Waals surface area contributed by atoms with Crippen LogP contribution in [0.2, 0.25) is 0 Å². The van der Waals surface area contributed by atoms with Crippen LogP contribution in [0.25, 0.3) is 0 Å². The maximum absolute atomic E-state index is 13.5. The number of nitro groups is 1. The van der Waals surface area contributed by atoms with Crippen molar-refractivity contribution in [2.24, 2.45) is 5.92 Å². The first-order chi connectivity index (χ1) is 14.5. The summed E-state index contributed by atoms with van der Waals surface area (Å²) >= 11 is 0. The van der Waals surface area contributed by atoms with Gasteiger partial charge in [-0.3, -0.25) is 14.9 Å².